The van der Waals surface area contributed by atoms with Gasteiger partial charge in [0.2, 0.25) is 5.89 Å². The molecule has 0 unspecified atom stereocenters. The number of ether oxygens (including phenoxy) is 4. The first-order valence-electron chi connectivity index (χ1n) is 17.9. The van der Waals surface area contributed by atoms with E-state index in [-0.39, 0.29) is 11.9 Å². The molecular weight excluding hydrogens is 634 g/mol. The Balaban J connectivity index is 0.788. The van der Waals surface area contributed by atoms with E-state index in [0.29, 0.717) is 47.6 Å². The number of carbonyl (C=O) groups excluding carboxylic acids is 1. The summed E-state index contributed by atoms with van der Waals surface area (Å²) >= 11 is 0. The van der Waals surface area contributed by atoms with Crippen LogP contribution in [-0.2, 0) is 0 Å². The molecule has 3 aliphatic rings. The number of carbonyl (C=O) groups is 1. The molecular formula is C39H47N5O6. The highest BCUT2D eigenvalue weighted by molar-refractivity contribution is 6.03. The van der Waals surface area contributed by atoms with Gasteiger partial charge in [-0.25, -0.2) is 4.98 Å². The molecule has 11 nitrogen and oxygen atoms in total. The quantitative estimate of drug-likeness (QED) is 0.131. The first-order valence-corrected chi connectivity index (χ1v) is 17.9. The molecule has 0 bridgehead atoms. The normalized spacial score (nSPS) is 17.8. The van der Waals surface area contributed by atoms with Crippen molar-refractivity contribution in [1.29, 1.82) is 0 Å². The van der Waals surface area contributed by atoms with Gasteiger partial charge >= 0.3 is 0 Å². The smallest absolute Gasteiger partial charge is 0.256 e. The third-order valence-corrected chi connectivity index (χ3v) is 9.84. The Kier molecular flexibility index (Phi) is 10.8. The van der Waals surface area contributed by atoms with Gasteiger partial charge in [0.05, 0.1) is 44.7 Å². The number of hydrogen-bond donors (Lipinski definition) is 0. The lowest BCUT2D eigenvalue weighted by molar-refractivity contribution is 0.0774. The number of para-hydroxylation sites is 2. The second-order valence-electron chi connectivity index (χ2n) is 13.2. The zero-order chi connectivity index (χ0) is 34.3. The summed E-state index contributed by atoms with van der Waals surface area (Å²) in [6.07, 6.45) is 7.96. The SMILES string of the molecule is COc1cc(OCCCCN2CCN(CCCCOc3cc4c(cc3OC)C(=O)N3CCC[C@H]3C=N4)CC2)cc(-c2nc3ccccc3o2)c1. The van der Waals surface area contributed by atoms with Gasteiger partial charge in [0, 0.05) is 56.6 Å². The van der Waals surface area contributed by atoms with Gasteiger partial charge in [-0.3, -0.25) is 9.79 Å². The molecule has 3 aliphatic heterocycles. The van der Waals surface area contributed by atoms with Crippen molar-refractivity contribution in [3.8, 4) is 34.5 Å². The van der Waals surface area contributed by atoms with E-state index in [1.807, 2.05) is 59.6 Å². The predicted molar refractivity (Wildman–Crippen MR) is 194 cm³/mol. The number of oxazole rings is 1. The molecule has 0 aliphatic carbocycles. The summed E-state index contributed by atoms with van der Waals surface area (Å²) in [5.74, 6) is 3.27. The van der Waals surface area contributed by atoms with Crippen LogP contribution in [0.15, 0.2) is 64.0 Å². The summed E-state index contributed by atoms with van der Waals surface area (Å²) < 4.78 is 29.3. The molecule has 0 N–H and O–H groups in total. The third kappa shape index (κ3) is 7.89. The number of fused-ring (bicyclic) bond motifs is 3. The number of hydrogen-bond acceptors (Lipinski definition) is 10. The van der Waals surface area contributed by atoms with E-state index in [0.717, 1.165) is 107 Å². The first-order chi connectivity index (χ1) is 24.6. The molecule has 7 rings (SSSR count). The molecule has 4 aromatic rings. The van der Waals surface area contributed by atoms with Crippen LogP contribution >= 0.6 is 0 Å². The number of benzene rings is 3. The maximum Gasteiger partial charge on any atom is 0.256 e. The van der Waals surface area contributed by atoms with Crippen LogP contribution < -0.4 is 18.9 Å². The number of piperazine rings is 1. The van der Waals surface area contributed by atoms with Crippen LogP contribution in [0.1, 0.15) is 48.9 Å². The van der Waals surface area contributed by atoms with Crippen LogP contribution in [0.25, 0.3) is 22.6 Å². The van der Waals surface area contributed by atoms with Crippen molar-refractivity contribution in [3.05, 3.63) is 60.2 Å². The highest BCUT2D eigenvalue weighted by atomic mass is 16.5. The molecule has 264 valence electrons. The van der Waals surface area contributed by atoms with E-state index in [1.54, 1.807) is 20.3 Å². The lowest BCUT2D eigenvalue weighted by Crippen LogP contribution is -2.46. The van der Waals surface area contributed by atoms with Crippen molar-refractivity contribution in [1.82, 2.24) is 19.7 Å². The average Bonchev–Trinajstić information content (AvgIpc) is 3.79. The highest BCUT2D eigenvalue weighted by Gasteiger charge is 2.32. The second kappa shape index (κ2) is 15.9. The van der Waals surface area contributed by atoms with Crippen molar-refractivity contribution in [2.24, 2.45) is 4.99 Å². The van der Waals surface area contributed by atoms with Crippen molar-refractivity contribution >= 4 is 28.9 Å². The first kappa shape index (κ1) is 33.9. The molecule has 1 amide bonds. The second-order valence-corrected chi connectivity index (χ2v) is 13.2. The summed E-state index contributed by atoms with van der Waals surface area (Å²) in [5, 5.41) is 0. The Morgan fingerprint density at radius 2 is 1.54 bits per heavy atom. The Morgan fingerprint density at radius 3 is 2.28 bits per heavy atom. The zero-order valence-corrected chi connectivity index (χ0v) is 29.1. The fourth-order valence-corrected chi connectivity index (χ4v) is 7.00. The van der Waals surface area contributed by atoms with Gasteiger partial charge < -0.3 is 38.1 Å². The monoisotopic (exact) mass is 681 g/mol. The highest BCUT2D eigenvalue weighted by Crippen LogP contribution is 2.38. The van der Waals surface area contributed by atoms with Gasteiger partial charge in [0.1, 0.15) is 17.0 Å². The number of aromatic nitrogens is 1. The Labute approximate surface area is 293 Å². The van der Waals surface area contributed by atoms with Crippen molar-refractivity contribution in [2.75, 3.05) is 73.2 Å². The minimum absolute atomic E-state index is 0.0242. The molecule has 0 spiro atoms. The lowest BCUT2D eigenvalue weighted by atomic mass is 10.1. The number of methoxy groups -OCH3 is 2. The Hall–Kier alpha value is -4.61. The summed E-state index contributed by atoms with van der Waals surface area (Å²) in [6.45, 7) is 8.50. The number of rotatable bonds is 15. The van der Waals surface area contributed by atoms with E-state index in [2.05, 4.69) is 19.8 Å². The van der Waals surface area contributed by atoms with Crippen LogP contribution in [0.2, 0.25) is 0 Å². The van der Waals surface area contributed by atoms with Crippen LogP contribution in [0.3, 0.4) is 0 Å². The summed E-state index contributed by atoms with van der Waals surface area (Å²) in [7, 11) is 3.27. The van der Waals surface area contributed by atoms with Gasteiger partial charge in [-0.05, 0) is 81.9 Å². The molecule has 2 fully saturated rings. The molecule has 3 aromatic carbocycles. The van der Waals surface area contributed by atoms with Crippen LogP contribution in [0, 0.1) is 0 Å². The van der Waals surface area contributed by atoms with Crippen molar-refractivity contribution in [3.63, 3.8) is 0 Å². The van der Waals surface area contributed by atoms with E-state index in [4.69, 9.17) is 23.4 Å². The minimum atomic E-state index is 0.0242. The van der Waals surface area contributed by atoms with E-state index < -0.39 is 0 Å². The number of unbranched alkanes of at least 4 members (excludes halogenated alkanes) is 2. The number of amides is 1. The Bertz CT molecular complexity index is 1770. The molecule has 4 heterocycles. The van der Waals surface area contributed by atoms with Crippen molar-refractivity contribution < 1.29 is 28.2 Å². The molecule has 11 heteroatoms. The third-order valence-electron chi connectivity index (χ3n) is 9.84. The Morgan fingerprint density at radius 1 is 0.800 bits per heavy atom. The van der Waals surface area contributed by atoms with Crippen LogP contribution in [0.5, 0.6) is 23.0 Å². The largest absolute Gasteiger partial charge is 0.497 e. The van der Waals surface area contributed by atoms with Gasteiger partial charge in [0.25, 0.3) is 5.91 Å². The topological polar surface area (TPSA) is 102 Å². The molecule has 1 atom stereocenters. The summed E-state index contributed by atoms with van der Waals surface area (Å²) in [4.78, 5) is 29.4. The minimum Gasteiger partial charge on any atom is -0.497 e. The summed E-state index contributed by atoms with van der Waals surface area (Å²) in [5.41, 5.74) is 3.67. The number of nitrogens with zero attached hydrogens (tertiary/aromatic N) is 5. The molecule has 2 saturated heterocycles. The predicted octanol–water partition coefficient (Wildman–Crippen LogP) is 6.47. The van der Waals surface area contributed by atoms with Gasteiger partial charge in [-0.15, -0.1) is 0 Å². The van der Waals surface area contributed by atoms with Crippen LogP contribution in [0.4, 0.5) is 5.69 Å². The summed E-state index contributed by atoms with van der Waals surface area (Å²) in [6, 6.07) is 17.3. The van der Waals surface area contributed by atoms with E-state index in [1.165, 1.54) is 0 Å². The average molecular weight is 682 g/mol. The van der Waals surface area contributed by atoms with Gasteiger partial charge in [-0.1, -0.05) is 12.1 Å². The fraction of sp³-hybridized carbons (Fsp3) is 0.462. The van der Waals surface area contributed by atoms with Crippen molar-refractivity contribution in [2.45, 2.75) is 44.6 Å². The van der Waals surface area contributed by atoms with E-state index >= 15 is 0 Å². The number of aliphatic imine (C=N–C) groups is 1. The van der Waals surface area contributed by atoms with Crippen LogP contribution in [-0.4, -0.2) is 111 Å². The van der Waals surface area contributed by atoms with Gasteiger partial charge in [-0.2, -0.15) is 0 Å². The molecule has 0 saturated carbocycles. The van der Waals surface area contributed by atoms with E-state index in [9.17, 15) is 4.79 Å². The standard InChI is InChI=1S/C39H47N5O6/c1-46-30-22-28(38-41-33-11-3-4-12-35(33)50-38)23-31(24-30)48-20-7-5-13-42-16-18-43(19-17-42)14-6-8-21-49-37-26-34-32(25-36(37)47-2)39(45)44-15-9-10-29(44)27-40-34/h3-4,11-12,22-27,29H,5-10,13-21H2,1-2H3/t29-/m0/s1. The molecule has 1 aromatic heterocycles. The maximum absolute atomic E-state index is 13.1. The lowest BCUT2D eigenvalue weighted by Gasteiger charge is -2.34. The fourth-order valence-electron chi connectivity index (χ4n) is 7.00. The maximum atomic E-state index is 13.1. The molecule has 0 radical (unpaired) electrons. The molecule has 50 heavy (non-hydrogen) atoms. The zero-order valence-electron chi connectivity index (χ0n) is 29.1. The van der Waals surface area contributed by atoms with Gasteiger partial charge in [0.15, 0.2) is 17.1 Å².